The van der Waals surface area contributed by atoms with Crippen LogP contribution in [0, 0.1) is 0 Å². The van der Waals surface area contributed by atoms with E-state index in [0.29, 0.717) is 0 Å². The maximum Gasteiger partial charge on any atom is 0.0835 e. The number of fused-ring (bicyclic) bond motifs is 1. The number of aromatic nitrogens is 1. The van der Waals surface area contributed by atoms with Gasteiger partial charge in [-0.3, -0.25) is 4.98 Å². The zero-order chi connectivity index (χ0) is 7.68. The van der Waals surface area contributed by atoms with E-state index in [2.05, 4.69) is 17.6 Å². The smallest absolute Gasteiger partial charge is 0.0835 e. The van der Waals surface area contributed by atoms with E-state index in [9.17, 15) is 0 Å². The van der Waals surface area contributed by atoms with Gasteiger partial charge in [-0.2, -0.15) is 0 Å². The van der Waals surface area contributed by atoms with Crippen LogP contribution in [0.1, 0.15) is 0 Å². The monoisotopic (exact) mass is 276 g/mol. The standard InChI is InChI=1S/C9H7NS.In/c11-8-5-1-3-7-4-2-6-10-9(7)8;/h1-6,11H;. The fourth-order valence-corrected chi connectivity index (χ4v) is 1.36. The topological polar surface area (TPSA) is 12.9 Å². The molecule has 0 aliphatic carbocycles. The van der Waals surface area contributed by atoms with Crippen LogP contribution in [-0.2, 0) is 0 Å². The summed E-state index contributed by atoms with van der Waals surface area (Å²) in [5.74, 6) is 0. The number of thiol groups is 1. The minimum atomic E-state index is 0. The molecule has 2 rings (SSSR count). The summed E-state index contributed by atoms with van der Waals surface area (Å²) in [6.07, 6.45) is 1.78. The predicted molar refractivity (Wildman–Crippen MR) is 54.7 cm³/mol. The normalized spacial score (nSPS) is 9.42. The molecule has 0 atom stereocenters. The maximum absolute atomic E-state index is 4.29. The summed E-state index contributed by atoms with van der Waals surface area (Å²) >= 11 is 4.29. The average Bonchev–Trinajstić information content (AvgIpc) is 2.06. The van der Waals surface area contributed by atoms with Crippen LogP contribution < -0.4 is 0 Å². The molecule has 1 heterocycles. The van der Waals surface area contributed by atoms with Crippen molar-refractivity contribution in [1.29, 1.82) is 0 Å². The van der Waals surface area contributed by atoms with Gasteiger partial charge in [-0.25, -0.2) is 0 Å². The number of para-hydroxylation sites is 1. The van der Waals surface area contributed by atoms with Crippen molar-refractivity contribution in [3.8, 4) is 0 Å². The first-order valence-electron chi connectivity index (χ1n) is 3.40. The minimum absolute atomic E-state index is 0. The van der Waals surface area contributed by atoms with E-state index in [-0.39, 0.29) is 25.8 Å². The van der Waals surface area contributed by atoms with E-state index < -0.39 is 0 Å². The van der Waals surface area contributed by atoms with Crippen molar-refractivity contribution < 1.29 is 0 Å². The van der Waals surface area contributed by atoms with Gasteiger partial charge >= 0.3 is 0 Å². The van der Waals surface area contributed by atoms with Crippen molar-refractivity contribution in [2.75, 3.05) is 0 Å². The Bertz CT molecular complexity index is 384. The van der Waals surface area contributed by atoms with Gasteiger partial charge in [-0.1, -0.05) is 18.2 Å². The van der Waals surface area contributed by atoms with Gasteiger partial charge in [0.15, 0.2) is 0 Å². The number of rotatable bonds is 0. The van der Waals surface area contributed by atoms with Gasteiger partial charge in [0.1, 0.15) is 0 Å². The van der Waals surface area contributed by atoms with Crippen LogP contribution in [0.3, 0.4) is 0 Å². The Morgan fingerprint density at radius 1 is 1.08 bits per heavy atom. The van der Waals surface area contributed by atoms with Crippen LogP contribution in [0.15, 0.2) is 41.4 Å². The molecule has 3 heteroatoms. The summed E-state index contributed by atoms with van der Waals surface area (Å²) in [6.45, 7) is 0. The molecule has 0 amide bonds. The Kier molecular flexibility index (Phi) is 3.47. The minimum Gasteiger partial charge on any atom is -0.255 e. The molecule has 2 aromatic rings. The summed E-state index contributed by atoms with van der Waals surface area (Å²) in [7, 11) is 0. The Morgan fingerprint density at radius 3 is 2.58 bits per heavy atom. The van der Waals surface area contributed by atoms with Crippen molar-refractivity contribution in [2.45, 2.75) is 4.90 Å². The molecule has 0 aliphatic rings. The first kappa shape index (κ1) is 9.93. The van der Waals surface area contributed by atoms with E-state index in [1.54, 1.807) is 6.20 Å². The third-order valence-corrected chi connectivity index (χ3v) is 1.97. The Balaban J connectivity index is 0.000000720. The Hall–Kier alpha value is -0.150. The van der Waals surface area contributed by atoms with Crippen LogP contribution >= 0.6 is 12.6 Å². The summed E-state index contributed by atoms with van der Waals surface area (Å²) in [5, 5.41) is 1.14. The van der Waals surface area contributed by atoms with Crippen LogP contribution in [0.2, 0.25) is 0 Å². The SMILES string of the molecule is Sc1cccc2cccnc12.[In]. The fraction of sp³-hybridized carbons (Fsp3) is 0. The number of nitrogens with zero attached hydrogens (tertiary/aromatic N) is 1. The van der Waals surface area contributed by atoms with E-state index in [1.807, 2.05) is 30.3 Å². The van der Waals surface area contributed by atoms with Gasteiger partial charge < -0.3 is 0 Å². The predicted octanol–water partition coefficient (Wildman–Crippen LogP) is 2.14. The van der Waals surface area contributed by atoms with Gasteiger partial charge in [-0.05, 0) is 12.1 Å². The van der Waals surface area contributed by atoms with Crippen molar-refractivity contribution in [1.82, 2.24) is 4.98 Å². The second kappa shape index (κ2) is 4.19. The molecular formula is C9H7InNS. The molecule has 3 radical (unpaired) electrons. The van der Waals surface area contributed by atoms with Crippen LogP contribution in [-0.4, -0.2) is 30.8 Å². The quantitative estimate of drug-likeness (QED) is 0.727. The van der Waals surface area contributed by atoms with Gasteiger partial charge in [0.25, 0.3) is 0 Å². The van der Waals surface area contributed by atoms with Crippen molar-refractivity contribution >= 4 is 49.4 Å². The van der Waals surface area contributed by atoms with Crippen molar-refractivity contribution in [3.63, 3.8) is 0 Å². The van der Waals surface area contributed by atoms with Crippen LogP contribution in [0.5, 0.6) is 0 Å². The first-order valence-corrected chi connectivity index (χ1v) is 3.85. The molecule has 0 unspecified atom stereocenters. The van der Waals surface area contributed by atoms with E-state index in [0.717, 1.165) is 15.8 Å². The maximum atomic E-state index is 4.29. The molecule has 57 valence electrons. The molecule has 0 saturated carbocycles. The third-order valence-electron chi connectivity index (χ3n) is 1.61. The second-order valence-corrected chi connectivity index (χ2v) is 2.83. The number of hydrogen-bond donors (Lipinski definition) is 1. The molecule has 0 spiro atoms. The van der Waals surface area contributed by atoms with Gasteiger partial charge in [0, 0.05) is 42.3 Å². The zero-order valence-corrected chi connectivity index (χ0v) is 10.6. The molecule has 1 nitrogen and oxygen atoms in total. The van der Waals surface area contributed by atoms with Crippen molar-refractivity contribution in [3.05, 3.63) is 36.5 Å². The summed E-state index contributed by atoms with van der Waals surface area (Å²) < 4.78 is 0. The largest absolute Gasteiger partial charge is 0.255 e. The molecule has 0 fully saturated rings. The Labute approximate surface area is 95.4 Å². The molecule has 0 N–H and O–H groups in total. The zero-order valence-electron chi connectivity index (χ0n) is 6.44. The molecule has 1 aromatic carbocycles. The van der Waals surface area contributed by atoms with Crippen molar-refractivity contribution in [2.24, 2.45) is 0 Å². The summed E-state index contributed by atoms with van der Waals surface area (Å²) in [6, 6.07) is 9.91. The number of hydrogen-bond acceptors (Lipinski definition) is 2. The van der Waals surface area contributed by atoms with E-state index >= 15 is 0 Å². The van der Waals surface area contributed by atoms with E-state index in [1.165, 1.54) is 0 Å². The first-order chi connectivity index (χ1) is 5.38. The summed E-state index contributed by atoms with van der Waals surface area (Å²) in [5.41, 5.74) is 0.971. The molecule has 12 heavy (non-hydrogen) atoms. The fourth-order valence-electron chi connectivity index (χ4n) is 1.09. The van der Waals surface area contributed by atoms with Gasteiger partial charge in [0.2, 0.25) is 0 Å². The number of pyridine rings is 1. The average molecular weight is 276 g/mol. The molecule has 1 aromatic heterocycles. The summed E-state index contributed by atoms with van der Waals surface area (Å²) in [4.78, 5) is 5.14. The second-order valence-electron chi connectivity index (χ2n) is 2.35. The van der Waals surface area contributed by atoms with E-state index in [4.69, 9.17) is 0 Å². The third kappa shape index (κ3) is 1.77. The molecular weight excluding hydrogens is 269 g/mol. The number of benzene rings is 1. The Morgan fingerprint density at radius 2 is 1.83 bits per heavy atom. The van der Waals surface area contributed by atoms with Crippen LogP contribution in [0.25, 0.3) is 10.9 Å². The molecule has 0 aliphatic heterocycles. The molecule has 0 saturated heterocycles. The molecule has 0 bridgehead atoms. The van der Waals surface area contributed by atoms with Gasteiger partial charge in [-0.15, -0.1) is 12.6 Å². The van der Waals surface area contributed by atoms with Crippen LogP contribution in [0.4, 0.5) is 0 Å². The van der Waals surface area contributed by atoms with Gasteiger partial charge in [0.05, 0.1) is 5.52 Å².